The van der Waals surface area contributed by atoms with Crippen LogP contribution in [-0.4, -0.2) is 43.8 Å². The summed E-state index contributed by atoms with van der Waals surface area (Å²) >= 11 is 0. The number of carbonyl (C=O) groups excluding carboxylic acids is 1. The molecule has 0 saturated carbocycles. The molecule has 1 fully saturated rings. The molecule has 1 aliphatic heterocycles. The maximum atomic E-state index is 13.1. The molecule has 9 nitrogen and oxygen atoms in total. The molecule has 2 aromatic rings. The smallest absolute Gasteiger partial charge is 0.271 e. The van der Waals surface area contributed by atoms with E-state index in [0.29, 0.717) is 12.8 Å². The second-order valence-corrected chi connectivity index (χ2v) is 8.73. The third-order valence-electron chi connectivity index (χ3n) is 4.86. The highest BCUT2D eigenvalue weighted by atomic mass is 32.2. The molecule has 1 heterocycles. The van der Waals surface area contributed by atoms with Crippen LogP contribution in [0.1, 0.15) is 12.8 Å². The Balaban J connectivity index is 1.77. The Kier molecular flexibility index (Phi) is 6.32. The zero-order valence-electron chi connectivity index (χ0n) is 16.1. The van der Waals surface area contributed by atoms with Gasteiger partial charge in [-0.05, 0) is 43.2 Å². The number of piperidine rings is 1. The van der Waals surface area contributed by atoms with Crippen LogP contribution in [0, 0.1) is 21.8 Å². The molecule has 160 valence electrons. The number of methoxy groups -OCH3 is 1. The SMILES string of the molecule is COc1ccc([N+](=O)[O-])cc1NC(=O)C1CCCN(S(=O)(=O)c2ccc(F)cc2)C1. The Bertz CT molecular complexity index is 1060. The summed E-state index contributed by atoms with van der Waals surface area (Å²) in [6.07, 6.45) is 0.920. The fourth-order valence-corrected chi connectivity index (χ4v) is 4.80. The van der Waals surface area contributed by atoms with Crippen molar-refractivity contribution in [1.82, 2.24) is 4.31 Å². The summed E-state index contributed by atoms with van der Waals surface area (Å²) in [4.78, 5) is 23.1. The highest BCUT2D eigenvalue weighted by Crippen LogP contribution is 2.31. The summed E-state index contributed by atoms with van der Waals surface area (Å²) < 4.78 is 45.1. The molecule has 2 aromatic carbocycles. The van der Waals surface area contributed by atoms with Gasteiger partial charge in [0.1, 0.15) is 11.6 Å². The molecule has 0 spiro atoms. The minimum Gasteiger partial charge on any atom is -0.495 e. The number of ether oxygens (including phenoxy) is 1. The van der Waals surface area contributed by atoms with Gasteiger partial charge in [-0.1, -0.05) is 0 Å². The Hall–Kier alpha value is -3.05. The Labute approximate surface area is 172 Å². The van der Waals surface area contributed by atoms with Crippen LogP contribution >= 0.6 is 0 Å². The number of sulfonamides is 1. The number of benzene rings is 2. The number of hydrogen-bond donors (Lipinski definition) is 1. The number of anilines is 1. The first-order valence-electron chi connectivity index (χ1n) is 9.11. The molecule has 11 heteroatoms. The van der Waals surface area contributed by atoms with E-state index in [1.165, 1.54) is 41.7 Å². The fraction of sp³-hybridized carbons (Fsp3) is 0.316. The first kappa shape index (κ1) is 21.7. The van der Waals surface area contributed by atoms with Crippen LogP contribution in [0.15, 0.2) is 47.4 Å². The van der Waals surface area contributed by atoms with Crippen LogP contribution in [0.4, 0.5) is 15.8 Å². The number of carbonyl (C=O) groups is 1. The topological polar surface area (TPSA) is 119 Å². The number of non-ortho nitro benzene ring substituents is 1. The standard InChI is InChI=1S/C19H20FN3O6S/c1-29-18-9-6-15(23(25)26)11-17(18)21-19(24)13-3-2-10-22(12-13)30(27,28)16-7-4-14(20)5-8-16/h4-9,11,13H,2-3,10,12H2,1H3,(H,21,24). The lowest BCUT2D eigenvalue weighted by Crippen LogP contribution is -2.43. The molecule has 1 amide bonds. The summed E-state index contributed by atoms with van der Waals surface area (Å²) in [6.45, 7) is 0.187. The Morgan fingerprint density at radius 3 is 2.60 bits per heavy atom. The maximum absolute atomic E-state index is 13.1. The summed E-state index contributed by atoms with van der Waals surface area (Å²) in [6, 6.07) is 8.31. The predicted molar refractivity (Wildman–Crippen MR) is 106 cm³/mol. The van der Waals surface area contributed by atoms with Gasteiger partial charge in [-0.3, -0.25) is 14.9 Å². The van der Waals surface area contributed by atoms with Crippen molar-refractivity contribution in [2.75, 3.05) is 25.5 Å². The fourth-order valence-electron chi connectivity index (χ4n) is 3.27. The Morgan fingerprint density at radius 1 is 1.27 bits per heavy atom. The normalized spacial score (nSPS) is 17.3. The van der Waals surface area contributed by atoms with Gasteiger partial charge in [0.15, 0.2) is 0 Å². The van der Waals surface area contributed by atoms with Crippen molar-refractivity contribution in [3.8, 4) is 5.75 Å². The van der Waals surface area contributed by atoms with Crippen molar-refractivity contribution >= 4 is 27.3 Å². The molecular weight excluding hydrogens is 417 g/mol. The lowest BCUT2D eigenvalue weighted by atomic mass is 9.98. The number of nitro benzene ring substituents is 1. The van der Waals surface area contributed by atoms with Crippen molar-refractivity contribution in [2.45, 2.75) is 17.7 Å². The number of nitrogens with one attached hydrogen (secondary N) is 1. The zero-order valence-corrected chi connectivity index (χ0v) is 16.9. The van der Waals surface area contributed by atoms with Crippen molar-refractivity contribution in [3.63, 3.8) is 0 Å². The minimum atomic E-state index is -3.88. The van der Waals surface area contributed by atoms with Crippen LogP contribution in [0.2, 0.25) is 0 Å². The number of hydrogen-bond acceptors (Lipinski definition) is 6. The van der Waals surface area contributed by atoms with Gasteiger partial charge in [0.25, 0.3) is 5.69 Å². The molecule has 1 saturated heterocycles. The molecule has 0 aliphatic carbocycles. The van der Waals surface area contributed by atoms with Gasteiger partial charge in [0.05, 0.1) is 28.5 Å². The van der Waals surface area contributed by atoms with Gasteiger partial charge in [0, 0.05) is 25.2 Å². The highest BCUT2D eigenvalue weighted by Gasteiger charge is 2.33. The first-order valence-corrected chi connectivity index (χ1v) is 10.6. The number of nitro groups is 1. The van der Waals surface area contributed by atoms with E-state index >= 15 is 0 Å². The maximum Gasteiger partial charge on any atom is 0.271 e. The largest absolute Gasteiger partial charge is 0.495 e. The van der Waals surface area contributed by atoms with E-state index in [4.69, 9.17) is 4.74 Å². The molecule has 1 aliphatic rings. The quantitative estimate of drug-likeness (QED) is 0.548. The van der Waals surface area contributed by atoms with Gasteiger partial charge in [0.2, 0.25) is 15.9 Å². The molecule has 0 bridgehead atoms. The van der Waals surface area contributed by atoms with Gasteiger partial charge in [-0.2, -0.15) is 4.31 Å². The number of amides is 1. The van der Waals surface area contributed by atoms with E-state index in [-0.39, 0.29) is 35.1 Å². The number of rotatable bonds is 6. The summed E-state index contributed by atoms with van der Waals surface area (Å²) in [7, 11) is -2.51. The third kappa shape index (κ3) is 4.57. The Morgan fingerprint density at radius 2 is 1.97 bits per heavy atom. The average molecular weight is 437 g/mol. The van der Waals surface area contributed by atoms with E-state index in [1.807, 2.05) is 0 Å². The molecule has 3 rings (SSSR count). The summed E-state index contributed by atoms with van der Waals surface area (Å²) in [5, 5.41) is 13.6. The summed E-state index contributed by atoms with van der Waals surface area (Å²) in [5.41, 5.74) is -0.0783. The molecule has 0 radical (unpaired) electrons. The number of halogens is 1. The zero-order chi connectivity index (χ0) is 21.9. The molecular formula is C19H20FN3O6S. The van der Waals surface area contributed by atoms with Crippen molar-refractivity contribution in [2.24, 2.45) is 5.92 Å². The van der Waals surface area contributed by atoms with Gasteiger partial charge < -0.3 is 10.1 Å². The van der Waals surface area contributed by atoms with Crippen LogP contribution in [0.25, 0.3) is 0 Å². The molecule has 1 atom stereocenters. The third-order valence-corrected chi connectivity index (χ3v) is 6.74. The van der Waals surface area contributed by atoms with Crippen molar-refractivity contribution < 1.29 is 27.3 Å². The van der Waals surface area contributed by atoms with Crippen LogP contribution < -0.4 is 10.1 Å². The van der Waals surface area contributed by atoms with Crippen LogP contribution in [0.5, 0.6) is 5.75 Å². The van der Waals surface area contributed by atoms with E-state index in [0.717, 1.165) is 12.1 Å². The van der Waals surface area contributed by atoms with Crippen molar-refractivity contribution in [3.05, 3.63) is 58.4 Å². The monoisotopic (exact) mass is 437 g/mol. The van der Waals surface area contributed by atoms with E-state index in [2.05, 4.69) is 5.32 Å². The molecule has 0 aromatic heterocycles. The molecule has 1 unspecified atom stereocenters. The van der Waals surface area contributed by atoms with E-state index < -0.39 is 32.6 Å². The average Bonchev–Trinajstić information content (AvgIpc) is 2.74. The van der Waals surface area contributed by atoms with Gasteiger partial charge in [-0.15, -0.1) is 0 Å². The van der Waals surface area contributed by atoms with Crippen molar-refractivity contribution in [1.29, 1.82) is 0 Å². The predicted octanol–water partition coefficient (Wildman–Crippen LogP) is 2.78. The van der Waals surface area contributed by atoms with E-state index in [9.17, 15) is 27.7 Å². The second kappa shape index (κ2) is 8.76. The lowest BCUT2D eigenvalue weighted by Gasteiger charge is -2.31. The summed E-state index contributed by atoms with van der Waals surface area (Å²) in [5.74, 6) is -1.41. The molecule has 1 N–H and O–H groups in total. The van der Waals surface area contributed by atoms with Crippen LogP contribution in [-0.2, 0) is 14.8 Å². The van der Waals surface area contributed by atoms with Gasteiger partial charge >= 0.3 is 0 Å². The first-order chi connectivity index (χ1) is 14.2. The van der Waals surface area contributed by atoms with E-state index in [1.54, 1.807) is 0 Å². The minimum absolute atomic E-state index is 0.0506. The lowest BCUT2D eigenvalue weighted by molar-refractivity contribution is -0.384. The number of nitrogens with zero attached hydrogens (tertiary/aromatic N) is 2. The second-order valence-electron chi connectivity index (χ2n) is 6.79. The molecule has 30 heavy (non-hydrogen) atoms. The van der Waals surface area contributed by atoms with Gasteiger partial charge in [-0.25, -0.2) is 12.8 Å². The highest BCUT2D eigenvalue weighted by molar-refractivity contribution is 7.89. The van der Waals surface area contributed by atoms with Crippen LogP contribution in [0.3, 0.4) is 0 Å².